The lowest BCUT2D eigenvalue weighted by molar-refractivity contribution is 0.0806. The van der Waals surface area contributed by atoms with Gasteiger partial charge in [-0.3, -0.25) is 0 Å². The summed E-state index contributed by atoms with van der Waals surface area (Å²) in [6.45, 7) is 4.85. The predicted octanol–water partition coefficient (Wildman–Crippen LogP) is 3.69. The van der Waals surface area contributed by atoms with Gasteiger partial charge >= 0.3 is 0 Å². The topological polar surface area (TPSA) is 100 Å². The third-order valence-corrected chi connectivity index (χ3v) is 5.68. The number of benzene rings is 1. The number of nitriles is 1. The number of halogens is 1. The first-order chi connectivity index (χ1) is 16.1. The normalized spacial score (nSPS) is 16.0. The molecule has 1 aliphatic heterocycles. The molecule has 0 unspecified atom stereocenters. The zero-order valence-electron chi connectivity index (χ0n) is 18.0. The number of hydrogen-bond acceptors (Lipinski definition) is 7. The molecule has 0 amide bonds. The Balaban J connectivity index is 1.62. The van der Waals surface area contributed by atoms with Crippen LogP contribution < -0.4 is 10.6 Å². The Labute approximate surface area is 196 Å². The van der Waals surface area contributed by atoms with Crippen molar-refractivity contribution < 1.29 is 4.74 Å². The third kappa shape index (κ3) is 4.52. The Bertz CT molecular complexity index is 1330. The summed E-state index contributed by atoms with van der Waals surface area (Å²) in [5.41, 5.74) is 5.31. The monoisotopic (exact) mass is 459 g/mol. The number of rotatable bonds is 5. The molecule has 0 aliphatic carbocycles. The lowest BCUT2D eigenvalue weighted by Gasteiger charge is -2.24. The van der Waals surface area contributed by atoms with Crippen LogP contribution in [0.5, 0.6) is 0 Å². The number of aromatic nitrogens is 4. The van der Waals surface area contributed by atoms with Crippen LogP contribution in [0, 0.1) is 18.3 Å². The van der Waals surface area contributed by atoms with Crippen molar-refractivity contribution in [2.24, 2.45) is 0 Å². The van der Waals surface area contributed by atoms with E-state index in [0.29, 0.717) is 29.5 Å². The van der Waals surface area contributed by atoms with Gasteiger partial charge in [0.25, 0.3) is 0 Å². The molecule has 166 valence electrons. The van der Waals surface area contributed by atoms with Crippen molar-refractivity contribution >= 4 is 23.1 Å². The summed E-state index contributed by atoms with van der Waals surface area (Å²) in [7, 11) is 0. The second-order valence-corrected chi connectivity index (χ2v) is 8.31. The van der Waals surface area contributed by atoms with Gasteiger partial charge in [0, 0.05) is 36.6 Å². The second-order valence-electron chi connectivity index (χ2n) is 7.92. The third-order valence-electron chi connectivity index (χ3n) is 5.49. The van der Waals surface area contributed by atoms with Gasteiger partial charge in [0.2, 0.25) is 0 Å². The number of pyridine rings is 1. The van der Waals surface area contributed by atoms with E-state index >= 15 is 0 Å². The van der Waals surface area contributed by atoms with Gasteiger partial charge in [0.1, 0.15) is 16.7 Å². The SMILES string of the molecule is Cc1cc(-c2c(-c3cccc(C#N)c3)nn3ccc(NC[C@H]4COCCN4)nc23)cc(Cl)n1. The van der Waals surface area contributed by atoms with Crippen LogP contribution in [-0.4, -0.2) is 51.9 Å². The number of nitrogens with zero attached hydrogens (tertiary/aromatic N) is 5. The number of anilines is 1. The molecule has 5 rings (SSSR count). The number of morpholine rings is 1. The van der Waals surface area contributed by atoms with Crippen LogP contribution in [0.2, 0.25) is 5.15 Å². The Morgan fingerprint density at radius 3 is 2.94 bits per heavy atom. The molecule has 3 aromatic heterocycles. The Morgan fingerprint density at radius 2 is 2.15 bits per heavy atom. The summed E-state index contributed by atoms with van der Waals surface area (Å²) in [5.74, 6) is 0.741. The van der Waals surface area contributed by atoms with Crippen LogP contribution >= 0.6 is 11.6 Å². The number of hydrogen-bond donors (Lipinski definition) is 2. The summed E-state index contributed by atoms with van der Waals surface area (Å²) in [4.78, 5) is 9.17. The quantitative estimate of drug-likeness (QED) is 0.439. The average Bonchev–Trinajstić information content (AvgIpc) is 3.22. The van der Waals surface area contributed by atoms with E-state index in [1.165, 1.54) is 0 Å². The fourth-order valence-corrected chi connectivity index (χ4v) is 4.23. The largest absolute Gasteiger partial charge is 0.378 e. The molecular weight excluding hydrogens is 438 g/mol. The van der Waals surface area contributed by atoms with Gasteiger partial charge in [-0.15, -0.1) is 0 Å². The van der Waals surface area contributed by atoms with Gasteiger partial charge in [0.05, 0.1) is 30.4 Å². The lowest BCUT2D eigenvalue weighted by atomic mass is 10.00. The van der Waals surface area contributed by atoms with E-state index in [9.17, 15) is 5.26 Å². The zero-order chi connectivity index (χ0) is 22.8. The van der Waals surface area contributed by atoms with E-state index in [-0.39, 0.29) is 6.04 Å². The van der Waals surface area contributed by atoms with Gasteiger partial charge in [-0.05, 0) is 42.8 Å². The van der Waals surface area contributed by atoms with E-state index < -0.39 is 0 Å². The van der Waals surface area contributed by atoms with Crippen molar-refractivity contribution in [3.8, 4) is 28.5 Å². The maximum Gasteiger partial charge on any atom is 0.165 e. The molecule has 4 heterocycles. The maximum atomic E-state index is 9.37. The van der Waals surface area contributed by atoms with E-state index in [1.54, 1.807) is 10.6 Å². The van der Waals surface area contributed by atoms with Gasteiger partial charge in [-0.1, -0.05) is 23.7 Å². The highest BCUT2D eigenvalue weighted by molar-refractivity contribution is 6.29. The Hall–Kier alpha value is -3.51. The standard InChI is InChI=1S/C24H22ClN7O/c1-15-9-18(11-20(25)29-15)22-23(17-4-2-3-16(10-17)12-26)31-32-7-5-21(30-24(22)32)28-13-19-14-33-8-6-27-19/h2-5,7,9-11,19,27H,6,8,13-14H2,1H3,(H,28,30)/t19-/m0/s1. The minimum Gasteiger partial charge on any atom is -0.378 e. The Morgan fingerprint density at radius 1 is 1.24 bits per heavy atom. The molecule has 1 fully saturated rings. The van der Waals surface area contributed by atoms with Crippen molar-refractivity contribution in [2.75, 3.05) is 31.6 Å². The van der Waals surface area contributed by atoms with Gasteiger partial charge in [0.15, 0.2) is 5.65 Å². The van der Waals surface area contributed by atoms with Crippen LogP contribution in [0.25, 0.3) is 28.0 Å². The minimum absolute atomic E-state index is 0.229. The highest BCUT2D eigenvalue weighted by atomic mass is 35.5. The van der Waals surface area contributed by atoms with Crippen molar-refractivity contribution in [2.45, 2.75) is 13.0 Å². The van der Waals surface area contributed by atoms with Gasteiger partial charge < -0.3 is 15.4 Å². The van der Waals surface area contributed by atoms with Crippen LogP contribution in [0.3, 0.4) is 0 Å². The zero-order valence-corrected chi connectivity index (χ0v) is 18.8. The first kappa shape index (κ1) is 21.3. The van der Waals surface area contributed by atoms with E-state index in [0.717, 1.165) is 47.0 Å². The minimum atomic E-state index is 0.229. The number of fused-ring (bicyclic) bond motifs is 1. The first-order valence-electron chi connectivity index (χ1n) is 10.7. The molecular formula is C24H22ClN7O. The van der Waals surface area contributed by atoms with E-state index in [1.807, 2.05) is 49.5 Å². The molecule has 9 heteroatoms. The molecule has 1 aliphatic rings. The number of ether oxygens (including phenoxy) is 1. The molecule has 33 heavy (non-hydrogen) atoms. The molecule has 1 aromatic carbocycles. The van der Waals surface area contributed by atoms with Crippen LogP contribution in [0.1, 0.15) is 11.3 Å². The molecule has 1 saturated heterocycles. The maximum absolute atomic E-state index is 9.37. The van der Waals surface area contributed by atoms with Gasteiger partial charge in [-0.2, -0.15) is 10.4 Å². The van der Waals surface area contributed by atoms with Crippen LogP contribution in [0.15, 0.2) is 48.7 Å². The van der Waals surface area contributed by atoms with Crippen molar-refractivity contribution in [3.05, 3.63) is 65.1 Å². The van der Waals surface area contributed by atoms with Crippen LogP contribution in [0.4, 0.5) is 5.82 Å². The summed E-state index contributed by atoms with van der Waals surface area (Å²) >= 11 is 6.30. The summed E-state index contributed by atoms with van der Waals surface area (Å²) in [5, 5.41) is 21.4. The van der Waals surface area contributed by atoms with Crippen molar-refractivity contribution in [3.63, 3.8) is 0 Å². The lowest BCUT2D eigenvalue weighted by Crippen LogP contribution is -2.45. The van der Waals surface area contributed by atoms with E-state index in [2.05, 4.69) is 21.7 Å². The Kier molecular flexibility index (Phi) is 5.92. The van der Waals surface area contributed by atoms with Gasteiger partial charge in [-0.25, -0.2) is 14.5 Å². The fraction of sp³-hybridized carbons (Fsp3) is 0.250. The number of aryl methyl sites for hydroxylation is 1. The highest BCUT2D eigenvalue weighted by Crippen LogP contribution is 2.36. The highest BCUT2D eigenvalue weighted by Gasteiger charge is 2.20. The van der Waals surface area contributed by atoms with Crippen LogP contribution in [-0.2, 0) is 4.74 Å². The van der Waals surface area contributed by atoms with Crippen molar-refractivity contribution in [1.82, 2.24) is 24.9 Å². The molecule has 0 bridgehead atoms. The molecule has 4 aromatic rings. The number of nitrogens with one attached hydrogen (secondary N) is 2. The smallest absolute Gasteiger partial charge is 0.165 e. The molecule has 1 atom stereocenters. The summed E-state index contributed by atoms with van der Waals surface area (Å²) in [6, 6.07) is 15.5. The molecule has 0 saturated carbocycles. The first-order valence-corrected chi connectivity index (χ1v) is 11.1. The fourth-order valence-electron chi connectivity index (χ4n) is 3.98. The summed E-state index contributed by atoms with van der Waals surface area (Å²) in [6.07, 6.45) is 1.88. The molecule has 8 nitrogen and oxygen atoms in total. The summed E-state index contributed by atoms with van der Waals surface area (Å²) < 4.78 is 7.28. The average molecular weight is 460 g/mol. The predicted molar refractivity (Wildman–Crippen MR) is 127 cm³/mol. The molecule has 2 N–H and O–H groups in total. The molecule has 0 spiro atoms. The van der Waals surface area contributed by atoms with Crippen molar-refractivity contribution in [1.29, 1.82) is 5.26 Å². The second kappa shape index (κ2) is 9.16. The molecule has 0 radical (unpaired) electrons. The van der Waals surface area contributed by atoms with E-state index in [4.69, 9.17) is 26.4 Å².